The number of hydrogen-bond donors (Lipinski definition) is 1. The van der Waals surface area contributed by atoms with Gasteiger partial charge in [0.25, 0.3) is 0 Å². The van der Waals surface area contributed by atoms with Crippen LogP contribution in [0, 0.1) is 29.6 Å². The Labute approximate surface area is 197 Å². The largest absolute Gasteiger partial charge is 0.358 e. The summed E-state index contributed by atoms with van der Waals surface area (Å²) in [6, 6.07) is 20.3. The summed E-state index contributed by atoms with van der Waals surface area (Å²) in [6.07, 6.45) is 3.45. The molecule has 6 heteroatoms. The van der Waals surface area contributed by atoms with Gasteiger partial charge in [-0.1, -0.05) is 41.4 Å². The van der Waals surface area contributed by atoms with Crippen LogP contribution >= 0.6 is 11.6 Å². The van der Waals surface area contributed by atoms with E-state index in [1.165, 1.54) is 28.5 Å². The third-order valence-electron chi connectivity index (χ3n) is 6.61. The highest BCUT2D eigenvalue weighted by molar-refractivity contribution is 6.31. The van der Waals surface area contributed by atoms with Crippen molar-refractivity contribution in [2.45, 2.75) is 44.4 Å². The Bertz CT molecular complexity index is 1390. The predicted molar refractivity (Wildman–Crippen MR) is 128 cm³/mol. The molecule has 5 nitrogen and oxygen atoms in total. The third-order valence-corrected chi connectivity index (χ3v) is 6.85. The number of halogens is 1. The second-order valence-electron chi connectivity index (χ2n) is 8.70. The summed E-state index contributed by atoms with van der Waals surface area (Å²) in [6.45, 7) is 2.10. The third kappa shape index (κ3) is 4.09. The molecule has 0 bridgehead atoms. The number of fused-ring (bicyclic) bond motifs is 3. The Kier molecular flexibility index (Phi) is 5.58. The minimum Gasteiger partial charge on any atom is -0.358 e. The van der Waals surface area contributed by atoms with Crippen LogP contribution in [0.1, 0.15) is 70.7 Å². The summed E-state index contributed by atoms with van der Waals surface area (Å²) in [5.41, 5.74) is 6.61. The van der Waals surface area contributed by atoms with Crippen molar-refractivity contribution < 1.29 is 0 Å². The van der Waals surface area contributed by atoms with E-state index in [0.29, 0.717) is 5.82 Å². The number of aryl methyl sites for hydroxylation is 2. The van der Waals surface area contributed by atoms with Gasteiger partial charge in [0.1, 0.15) is 29.4 Å². The van der Waals surface area contributed by atoms with Gasteiger partial charge in [-0.3, -0.25) is 0 Å². The van der Waals surface area contributed by atoms with Crippen molar-refractivity contribution in [3.8, 4) is 12.1 Å². The van der Waals surface area contributed by atoms with E-state index < -0.39 is 0 Å². The fourth-order valence-corrected chi connectivity index (χ4v) is 5.11. The molecule has 162 valence electrons. The standard InChI is InChI=1S/C27H22ClN5/c1-16-2-4-17(5-3-16)22-9-6-18(27-31-20(14-29)13-21(15-30)32-27)7-10-23-24-12-19(28)8-11-25(24)33-26(22)23/h2-5,8,11-13,18,22,33H,6-7,9-10H2,1H3/t18?,22-/m0/s1. The second-order valence-corrected chi connectivity index (χ2v) is 9.14. The van der Waals surface area contributed by atoms with Crippen molar-refractivity contribution in [2.75, 3.05) is 0 Å². The lowest BCUT2D eigenvalue weighted by molar-refractivity contribution is 0.489. The number of H-pyrrole nitrogens is 1. The maximum atomic E-state index is 9.37. The average Bonchev–Trinajstić information content (AvgIpc) is 3.16. The Balaban J connectivity index is 1.62. The molecule has 0 fully saturated rings. The molecule has 2 aromatic heterocycles. The number of benzene rings is 2. The molecule has 2 atom stereocenters. The quantitative estimate of drug-likeness (QED) is 0.387. The summed E-state index contributed by atoms with van der Waals surface area (Å²) >= 11 is 6.36. The fraction of sp³-hybridized carbons (Fsp3) is 0.259. The molecular formula is C27H22ClN5. The van der Waals surface area contributed by atoms with Crippen LogP contribution < -0.4 is 0 Å². The summed E-state index contributed by atoms with van der Waals surface area (Å²) in [4.78, 5) is 12.6. The normalized spacial score (nSPS) is 18.1. The predicted octanol–water partition coefficient (Wildman–Crippen LogP) is 6.31. The van der Waals surface area contributed by atoms with Crippen LogP contribution in [0.25, 0.3) is 10.9 Å². The number of nitrogens with one attached hydrogen (secondary N) is 1. The van der Waals surface area contributed by atoms with Gasteiger partial charge in [0, 0.05) is 39.5 Å². The molecule has 5 rings (SSSR count). The fourth-order valence-electron chi connectivity index (χ4n) is 4.94. The van der Waals surface area contributed by atoms with E-state index in [2.05, 4.69) is 58.3 Å². The molecule has 0 saturated carbocycles. The zero-order valence-electron chi connectivity index (χ0n) is 18.3. The monoisotopic (exact) mass is 451 g/mol. The second kappa shape index (κ2) is 8.70. The summed E-state index contributed by atoms with van der Waals surface area (Å²) in [5.74, 6) is 0.856. The van der Waals surface area contributed by atoms with E-state index >= 15 is 0 Å². The number of hydrogen-bond acceptors (Lipinski definition) is 4. The molecule has 4 aromatic rings. The van der Waals surface area contributed by atoms with Crippen molar-refractivity contribution in [1.29, 1.82) is 10.5 Å². The molecule has 1 N–H and O–H groups in total. The maximum absolute atomic E-state index is 9.37. The highest BCUT2D eigenvalue weighted by Gasteiger charge is 2.28. The molecule has 2 heterocycles. The smallest absolute Gasteiger partial charge is 0.145 e. The first-order valence-corrected chi connectivity index (χ1v) is 11.5. The van der Waals surface area contributed by atoms with Crippen molar-refractivity contribution in [1.82, 2.24) is 15.0 Å². The Hall–Kier alpha value is -3.67. The molecule has 2 aromatic carbocycles. The van der Waals surface area contributed by atoms with E-state index in [9.17, 15) is 10.5 Å². The molecule has 1 aliphatic rings. The van der Waals surface area contributed by atoms with Gasteiger partial charge in [-0.15, -0.1) is 0 Å². The molecule has 33 heavy (non-hydrogen) atoms. The topological polar surface area (TPSA) is 89.2 Å². The minimum absolute atomic E-state index is 0.0654. The minimum atomic E-state index is 0.0654. The lowest BCUT2D eigenvalue weighted by Crippen LogP contribution is -2.15. The lowest BCUT2D eigenvalue weighted by Gasteiger charge is -2.25. The van der Waals surface area contributed by atoms with Gasteiger partial charge in [-0.2, -0.15) is 10.5 Å². The van der Waals surface area contributed by atoms with Crippen molar-refractivity contribution in [2.24, 2.45) is 0 Å². The average molecular weight is 452 g/mol. The summed E-state index contributed by atoms with van der Waals surface area (Å²) in [7, 11) is 0. The van der Waals surface area contributed by atoms with Crippen LogP contribution in [0.5, 0.6) is 0 Å². The number of rotatable bonds is 2. The molecular weight excluding hydrogens is 430 g/mol. The zero-order valence-corrected chi connectivity index (χ0v) is 19.0. The summed E-state index contributed by atoms with van der Waals surface area (Å²) < 4.78 is 0. The molecule has 1 aliphatic carbocycles. The SMILES string of the molecule is Cc1ccc([C@@H]2CCC(c3nc(C#N)cc(C#N)n3)CCc3c2[nH]c2ccc(Cl)cc32)cc1. The number of nitrogens with zero attached hydrogens (tertiary/aromatic N) is 4. The first-order valence-electron chi connectivity index (χ1n) is 11.1. The number of nitriles is 2. The van der Waals surface area contributed by atoms with Gasteiger partial charge in [0.15, 0.2) is 0 Å². The summed E-state index contributed by atoms with van der Waals surface area (Å²) in [5, 5.41) is 20.6. The van der Waals surface area contributed by atoms with Crippen LogP contribution in [-0.4, -0.2) is 15.0 Å². The molecule has 0 saturated heterocycles. The van der Waals surface area contributed by atoms with E-state index in [1.54, 1.807) is 0 Å². The maximum Gasteiger partial charge on any atom is 0.145 e. The zero-order chi connectivity index (χ0) is 22.9. The van der Waals surface area contributed by atoms with Crippen LogP contribution in [0.2, 0.25) is 5.02 Å². The van der Waals surface area contributed by atoms with E-state index in [-0.39, 0.29) is 23.2 Å². The molecule has 1 unspecified atom stereocenters. The Morgan fingerprint density at radius 3 is 2.36 bits per heavy atom. The number of aromatic nitrogens is 3. The highest BCUT2D eigenvalue weighted by Crippen LogP contribution is 2.41. The van der Waals surface area contributed by atoms with E-state index in [1.807, 2.05) is 18.2 Å². The van der Waals surface area contributed by atoms with Gasteiger partial charge < -0.3 is 4.98 Å². The first kappa shape index (κ1) is 21.2. The van der Waals surface area contributed by atoms with Crippen molar-refractivity contribution in [3.63, 3.8) is 0 Å². The highest BCUT2D eigenvalue weighted by atomic mass is 35.5. The van der Waals surface area contributed by atoms with E-state index in [0.717, 1.165) is 41.6 Å². The lowest BCUT2D eigenvalue weighted by atomic mass is 9.80. The van der Waals surface area contributed by atoms with Crippen LogP contribution in [0.3, 0.4) is 0 Å². The van der Waals surface area contributed by atoms with Gasteiger partial charge in [-0.25, -0.2) is 9.97 Å². The molecule has 0 aliphatic heterocycles. The van der Waals surface area contributed by atoms with Gasteiger partial charge in [0.05, 0.1) is 0 Å². The first-order chi connectivity index (χ1) is 16.1. The molecule has 0 radical (unpaired) electrons. The van der Waals surface area contributed by atoms with Crippen molar-refractivity contribution >= 4 is 22.5 Å². The Morgan fingerprint density at radius 2 is 1.67 bits per heavy atom. The Morgan fingerprint density at radius 1 is 0.939 bits per heavy atom. The van der Waals surface area contributed by atoms with Crippen LogP contribution in [0.15, 0.2) is 48.5 Å². The number of aromatic amines is 1. The van der Waals surface area contributed by atoms with Gasteiger partial charge in [-0.05, 0) is 61.9 Å². The van der Waals surface area contributed by atoms with Crippen LogP contribution in [0.4, 0.5) is 0 Å². The molecule has 0 spiro atoms. The van der Waals surface area contributed by atoms with Gasteiger partial charge in [0.2, 0.25) is 0 Å². The van der Waals surface area contributed by atoms with Crippen LogP contribution in [-0.2, 0) is 6.42 Å². The molecule has 0 amide bonds. The van der Waals surface area contributed by atoms with Crippen molar-refractivity contribution in [3.05, 3.63) is 93.2 Å². The van der Waals surface area contributed by atoms with Gasteiger partial charge >= 0.3 is 0 Å². The van der Waals surface area contributed by atoms with E-state index in [4.69, 9.17) is 11.6 Å².